The Morgan fingerprint density at radius 3 is 2.70 bits per heavy atom. The minimum atomic E-state index is -3.51. The summed E-state index contributed by atoms with van der Waals surface area (Å²) in [5, 5.41) is 0. The van der Waals surface area contributed by atoms with E-state index in [1.54, 1.807) is 12.3 Å². The number of hydrogen-bond acceptors (Lipinski definition) is 5. The summed E-state index contributed by atoms with van der Waals surface area (Å²) in [6.45, 7) is 4.30. The van der Waals surface area contributed by atoms with Crippen molar-refractivity contribution >= 4 is 21.4 Å². The minimum absolute atomic E-state index is 0.184. The smallest absolute Gasteiger partial charge is 0.250 e. The fourth-order valence-corrected chi connectivity index (χ4v) is 4.26. The largest absolute Gasteiger partial charge is 0.326 e. The van der Waals surface area contributed by atoms with Gasteiger partial charge in [0.2, 0.25) is 10.0 Å². The number of aryl methyl sites for hydroxylation is 2. The zero-order valence-corrected chi connectivity index (χ0v) is 13.0. The van der Waals surface area contributed by atoms with Gasteiger partial charge in [0.25, 0.3) is 0 Å². The highest BCUT2D eigenvalue weighted by Crippen LogP contribution is 2.25. The third-order valence-electron chi connectivity index (χ3n) is 3.00. The molecule has 5 nitrogen and oxygen atoms in total. The van der Waals surface area contributed by atoms with Gasteiger partial charge in [0.1, 0.15) is 4.21 Å². The van der Waals surface area contributed by atoms with Gasteiger partial charge in [0.05, 0.1) is 12.2 Å². The summed E-state index contributed by atoms with van der Waals surface area (Å²) in [7, 11) is -3.51. The zero-order valence-electron chi connectivity index (χ0n) is 11.4. The second kappa shape index (κ2) is 6.01. The van der Waals surface area contributed by atoms with Crippen LogP contribution in [0.15, 0.2) is 28.6 Å². The number of nitrogens with one attached hydrogen (secondary N) is 1. The van der Waals surface area contributed by atoms with Gasteiger partial charge in [-0.25, -0.2) is 13.1 Å². The molecule has 2 heterocycles. The first-order valence-corrected chi connectivity index (χ1v) is 8.43. The third-order valence-corrected chi connectivity index (χ3v) is 6.13. The summed E-state index contributed by atoms with van der Waals surface area (Å²) in [5.74, 6) is 0. The molecule has 0 amide bonds. The summed E-state index contributed by atoms with van der Waals surface area (Å²) in [6, 6.07) is 5.38. The zero-order chi connectivity index (χ0) is 14.8. The lowest BCUT2D eigenvalue weighted by atomic mass is 10.2. The molecule has 0 saturated carbocycles. The van der Waals surface area contributed by atoms with Crippen LogP contribution in [0, 0.1) is 13.8 Å². The number of pyridine rings is 1. The lowest BCUT2D eigenvalue weighted by Crippen LogP contribution is -2.23. The number of nitrogens with two attached hydrogens (primary N) is 1. The summed E-state index contributed by atoms with van der Waals surface area (Å²) < 4.78 is 27.3. The molecule has 0 saturated heterocycles. The topological polar surface area (TPSA) is 85.1 Å². The maximum atomic E-state index is 12.2. The number of sulfonamides is 1. The lowest BCUT2D eigenvalue weighted by Gasteiger charge is -2.06. The van der Waals surface area contributed by atoms with E-state index in [0.29, 0.717) is 10.8 Å². The molecule has 0 atom stereocenters. The van der Waals surface area contributed by atoms with E-state index >= 15 is 0 Å². The van der Waals surface area contributed by atoms with Gasteiger partial charge in [-0.05, 0) is 37.1 Å². The quantitative estimate of drug-likeness (QED) is 0.880. The van der Waals surface area contributed by atoms with Crippen molar-refractivity contribution in [1.29, 1.82) is 0 Å². The molecule has 0 unspecified atom stereocenters. The van der Waals surface area contributed by atoms with E-state index < -0.39 is 10.0 Å². The molecule has 0 aliphatic heterocycles. The van der Waals surface area contributed by atoms with Gasteiger partial charge >= 0.3 is 0 Å². The first-order valence-electron chi connectivity index (χ1n) is 6.13. The molecule has 0 aromatic carbocycles. The van der Waals surface area contributed by atoms with E-state index in [4.69, 9.17) is 5.73 Å². The van der Waals surface area contributed by atoms with Crippen LogP contribution in [0.25, 0.3) is 0 Å². The predicted molar refractivity (Wildman–Crippen MR) is 79.9 cm³/mol. The van der Waals surface area contributed by atoms with Crippen LogP contribution < -0.4 is 10.5 Å². The summed E-state index contributed by atoms with van der Waals surface area (Å²) in [4.78, 5) is 5.06. The van der Waals surface area contributed by atoms with Crippen molar-refractivity contribution in [2.45, 2.75) is 31.1 Å². The van der Waals surface area contributed by atoms with E-state index in [2.05, 4.69) is 9.71 Å². The standard InChI is InChI=1S/C13H17N3O2S2/c1-9-4-3-5-15-11(9)8-16-20(17,18)13-6-10(2)12(7-14)19-13/h3-6,16H,7-8,14H2,1-2H3. The Hall–Kier alpha value is -1.28. The van der Waals surface area contributed by atoms with Crippen molar-refractivity contribution in [2.24, 2.45) is 5.73 Å². The van der Waals surface area contributed by atoms with Crippen LogP contribution in [-0.4, -0.2) is 13.4 Å². The highest BCUT2D eigenvalue weighted by Gasteiger charge is 2.18. The van der Waals surface area contributed by atoms with Crippen LogP contribution in [0.4, 0.5) is 0 Å². The fraction of sp³-hybridized carbons (Fsp3) is 0.308. The summed E-state index contributed by atoms with van der Waals surface area (Å²) in [6.07, 6.45) is 1.65. The maximum absolute atomic E-state index is 12.2. The molecule has 0 spiro atoms. The molecule has 2 aromatic rings. The Morgan fingerprint density at radius 1 is 1.35 bits per heavy atom. The van der Waals surface area contributed by atoms with Crippen LogP contribution in [0.2, 0.25) is 0 Å². The highest BCUT2D eigenvalue weighted by molar-refractivity contribution is 7.91. The number of nitrogens with zero attached hydrogens (tertiary/aromatic N) is 1. The summed E-state index contributed by atoms with van der Waals surface area (Å²) >= 11 is 1.21. The third kappa shape index (κ3) is 3.24. The van der Waals surface area contributed by atoms with Crippen molar-refractivity contribution in [2.75, 3.05) is 0 Å². The highest BCUT2D eigenvalue weighted by atomic mass is 32.2. The Morgan fingerprint density at radius 2 is 2.10 bits per heavy atom. The molecule has 2 aromatic heterocycles. The second-order valence-corrected chi connectivity index (χ2v) is 7.60. The van der Waals surface area contributed by atoms with Crippen LogP contribution in [0.1, 0.15) is 21.7 Å². The molecule has 108 valence electrons. The first-order chi connectivity index (χ1) is 9.44. The van der Waals surface area contributed by atoms with E-state index in [1.807, 2.05) is 26.0 Å². The van der Waals surface area contributed by atoms with Gasteiger partial charge in [0.15, 0.2) is 0 Å². The molecule has 20 heavy (non-hydrogen) atoms. The van der Waals surface area contributed by atoms with Gasteiger partial charge in [-0.3, -0.25) is 4.98 Å². The van der Waals surface area contributed by atoms with Gasteiger partial charge in [0, 0.05) is 17.6 Å². The lowest BCUT2D eigenvalue weighted by molar-refractivity contribution is 0.582. The van der Waals surface area contributed by atoms with Gasteiger partial charge in [-0.1, -0.05) is 6.07 Å². The van der Waals surface area contributed by atoms with Crippen molar-refractivity contribution in [1.82, 2.24) is 9.71 Å². The molecule has 7 heteroatoms. The van der Waals surface area contributed by atoms with Crippen LogP contribution >= 0.6 is 11.3 Å². The average molecular weight is 311 g/mol. The Kier molecular flexibility index (Phi) is 4.54. The predicted octanol–water partition coefficient (Wildman–Crippen LogP) is 1.70. The molecule has 0 bridgehead atoms. The van der Waals surface area contributed by atoms with Crippen LogP contribution in [0.3, 0.4) is 0 Å². The summed E-state index contributed by atoms with van der Waals surface area (Å²) in [5.41, 5.74) is 8.17. The Balaban J connectivity index is 2.17. The monoisotopic (exact) mass is 311 g/mol. The van der Waals surface area contributed by atoms with Gasteiger partial charge < -0.3 is 5.73 Å². The fourth-order valence-electron chi connectivity index (χ4n) is 1.76. The first kappa shape index (κ1) is 15.1. The Labute approximate surface area is 122 Å². The van der Waals surface area contributed by atoms with E-state index in [-0.39, 0.29) is 6.54 Å². The van der Waals surface area contributed by atoms with E-state index in [0.717, 1.165) is 21.7 Å². The van der Waals surface area contributed by atoms with Crippen LogP contribution in [0.5, 0.6) is 0 Å². The molecular formula is C13H17N3O2S2. The van der Waals surface area contributed by atoms with Gasteiger partial charge in [-0.2, -0.15) is 0 Å². The maximum Gasteiger partial charge on any atom is 0.250 e. The number of rotatable bonds is 5. The second-order valence-electron chi connectivity index (χ2n) is 4.47. The molecule has 3 N–H and O–H groups in total. The Bertz CT molecular complexity index is 708. The van der Waals surface area contributed by atoms with Crippen molar-refractivity contribution in [3.05, 3.63) is 46.1 Å². The molecule has 2 rings (SSSR count). The SMILES string of the molecule is Cc1cccnc1CNS(=O)(=O)c1cc(C)c(CN)s1. The van der Waals surface area contributed by atoms with Crippen molar-refractivity contribution in [3.8, 4) is 0 Å². The number of aromatic nitrogens is 1. The van der Waals surface area contributed by atoms with Crippen LogP contribution in [-0.2, 0) is 23.1 Å². The molecule has 0 fully saturated rings. The number of hydrogen-bond donors (Lipinski definition) is 2. The normalized spacial score (nSPS) is 11.8. The molecule has 0 aliphatic rings. The van der Waals surface area contributed by atoms with Gasteiger partial charge in [-0.15, -0.1) is 11.3 Å². The minimum Gasteiger partial charge on any atom is -0.326 e. The van der Waals surface area contributed by atoms with Crippen molar-refractivity contribution in [3.63, 3.8) is 0 Å². The molecule has 0 radical (unpaired) electrons. The van der Waals surface area contributed by atoms with Crippen molar-refractivity contribution < 1.29 is 8.42 Å². The van der Waals surface area contributed by atoms with E-state index in [9.17, 15) is 8.42 Å². The average Bonchev–Trinajstić information content (AvgIpc) is 2.80. The number of thiophene rings is 1. The van der Waals surface area contributed by atoms with E-state index in [1.165, 1.54) is 11.3 Å². The molecule has 0 aliphatic carbocycles. The molecular weight excluding hydrogens is 294 g/mol.